The van der Waals surface area contributed by atoms with E-state index in [9.17, 15) is 14.0 Å². The number of nitrogens with zero attached hydrogens (tertiary/aromatic N) is 1. The maximum atomic E-state index is 13.5. The molecule has 2 aromatic carbocycles. The zero-order valence-electron chi connectivity index (χ0n) is 15.9. The van der Waals surface area contributed by atoms with Gasteiger partial charge in [-0.25, -0.2) is 4.39 Å². The van der Waals surface area contributed by atoms with Gasteiger partial charge in [0.05, 0.1) is 4.91 Å². The number of halogens is 1. The summed E-state index contributed by atoms with van der Waals surface area (Å²) in [5.74, 6) is -0.861. The van der Waals surface area contributed by atoms with Crippen molar-refractivity contribution in [2.24, 2.45) is 0 Å². The minimum absolute atomic E-state index is 0.126. The number of thioether (sulfide) groups is 1. The fraction of sp³-hybridized carbons (Fsp3) is 0.136. The zero-order chi connectivity index (χ0) is 21.1. The number of hydrogen-bond acceptors (Lipinski definition) is 4. The van der Waals surface area contributed by atoms with Gasteiger partial charge in [-0.05, 0) is 41.8 Å². The zero-order valence-corrected chi connectivity index (χ0v) is 17.5. The molecule has 1 fully saturated rings. The van der Waals surface area contributed by atoms with Crippen LogP contribution in [0.3, 0.4) is 0 Å². The molecule has 2 amide bonds. The number of aromatic amines is 1. The van der Waals surface area contributed by atoms with Crippen molar-refractivity contribution in [2.45, 2.75) is 6.42 Å². The molecule has 0 atom stereocenters. The van der Waals surface area contributed by atoms with E-state index >= 15 is 0 Å². The molecule has 8 heteroatoms. The summed E-state index contributed by atoms with van der Waals surface area (Å²) in [6, 6.07) is 14.0. The lowest BCUT2D eigenvalue weighted by Gasteiger charge is -2.14. The number of rotatable bonds is 6. The molecular weight excluding hydrogens is 421 g/mol. The second kappa shape index (κ2) is 8.81. The van der Waals surface area contributed by atoms with Crippen molar-refractivity contribution in [1.82, 2.24) is 15.2 Å². The van der Waals surface area contributed by atoms with E-state index in [4.69, 9.17) is 12.2 Å². The predicted molar refractivity (Wildman–Crippen MR) is 121 cm³/mol. The van der Waals surface area contributed by atoms with Crippen molar-refractivity contribution in [3.63, 3.8) is 0 Å². The van der Waals surface area contributed by atoms with Crippen LogP contribution in [0.1, 0.15) is 11.1 Å². The van der Waals surface area contributed by atoms with Crippen LogP contribution < -0.4 is 5.32 Å². The Morgan fingerprint density at radius 2 is 2.03 bits per heavy atom. The van der Waals surface area contributed by atoms with Crippen LogP contribution in [-0.4, -0.2) is 39.1 Å². The number of fused-ring (bicyclic) bond motifs is 1. The number of carbonyl (C=O) groups is 2. The maximum absolute atomic E-state index is 13.5. The Morgan fingerprint density at radius 3 is 2.83 bits per heavy atom. The van der Waals surface area contributed by atoms with Crippen LogP contribution in [0, 0.1) is 5.82 Å². The summed E-state index contributed by atoms with van der Waals surface area (Å²) in [4.78, 5) is 29.9. The van der Waals surface area contributed by atoms with Gasteiger partial charge in [0.15, 0.2) is 0 Å². The fourth-order valence-corrected chi connectivity index (χ4v) is 4.49. The maximum Gasteiger partial charge on any atom is 0.266 e. The molecule has 1 aromatic heterocycles. The highest BCUT2D eigenvalue weighted by Crippen LogP contribution is 2.32. The number of nitrogens with one attached hydrogen (secondary N) is 2. The van der Waals surface area contributed by atoms with Crippen molar-refractivity contribution < 1.29 is 14.0 Å². The van der Waals surface area contributed by atoms with Crippen molar-refractivity contribution in [2.75, 3.05) is 13.1 Å². The number of thiocarbonyl (C=S) groups is 1. The molecule has 4 rings (SSSR count). The molecule has 0 spiro atoms. The fourth-order valence-electron chi connectivity index (χ4n) is 3.23. The van der Waals surface area contributed by atoms with Crippen molar-refractivity contribution in [3.8, 4) is 0 Å². The van der Waals surface area contributed by atoms with Crippen LogP contribution in [0.25, 0.3) is 17.0 Å². The first kappa shape index (κ1) is 20.3. The molecule has 152 valence electrons. The van der Waals surface area contributed by atoms with E-state index in [0.29, 0.717) is 22.2 Å². The summed E-state index contributed by atoms with van der Waals surface area (Å²) in [6.45, 7) is 0.246. The van der Waals surface area contributed by atoms with Crippen LogP contribution in [0.4, 0.5) is 4.39 Å². The molecule has 0 aliphatic carbocycles. The number of aromatic nitrogens is 1. The van der Waals surface area contributed by atoms with E-state index in [0.717, 1.165) is 22.0 Å². The van der Waals surface area contributed by atoms with Crippen molar-refractivity contribution in [3.05, 3.63) is 76.6 Å². The van der Waals surface area contributed by atoms with Gasteiger partial charge < -0.3 is 10.3 Å². The van der Waals surface area contributed by atoms with E-state index in [2.05, 4.69) is 10.3 Å². The number of amides is 2. The molecule has 30 heavy (non-hydrogen) atoms. The Kier molecular flexibility index (Phi) is 5.96. The van der Waals surface area contributed by atoms with Gasteiger partial charge in [0.25, 0.3) is 5.91 Å². The van der Waals surface area contributed by atoms with Gasteiger partial charge in [-0.15, -0.1) is 0 Å². The average molecular weight is 440 g/mol. The highest BCUT2D eigenvalue weighted by atomic mass is 32.2. The normalized spacial score (nSPS) is 15.4. The van der Waals surface area contributed by atoms with E-state index in [-0.39, 0.29) is 24.2 Å². The van der Waals surface area contributed by atoms with E-state index < -0.39 is 0 Å². The summed E-state index contributed by atoms with van der Waals surface area (Å²) in [5.41, 5.74) is 2.67. The molecule has 0 bridgehead atoms. The topological polar surface area (TPSA) is 65.2 Å². The SMILES string of the molecule is O=C(CN1C(=O)C(=Cc2ccccc2)SC1=S)NCCc1c[nH]c2ccc(F)cc12. The highest BCUT2D eigenvalue weighted by molar-refractivity contribution is 8.26. The smallest absolute Gasteiger partial charge is 0.266 e. The molecule has 0 radical (unpaired) electrons. The Morgan fingerprint density at radius 1 is 1.23 bits per heavy atom. The third-order valence-electron chi connectivity index (χ3n) is 4.72. The standard InChI is InChI=1S/C22H18FN3O2S2/c23-16-6-7-18-17(11-16)15(12-25-18)8-9-24-20(27)13-26-21(28)19(30-22(26)29)10-14-4-2-1-3-5-14/h1-7,10-12,25H,8-9,13H2,(H,24,27). The largest absolute Gasteiger partial charge is 0.361 e. The first-order valence-corrected chi connectivity index (χ1v) is 10.6. The third kappa shape index (κ3) is 4.44. The summed E-state index contributed by atoms with van der Waals surface area (Å²) in [6.07, 6.45) is 4.13. The van der Waals surface area contributed by atoms with Crippen LogP contribution >= 0.6 is 24.0 Å². The first-order valence-electron chi connectivity index (χ1n) is 9.34. The number of hydrogen-bond donors (Lipinski definition) is 2. The third-order valence-corrected chi connectivity index (χ3v) is 6.10. The minimum Gasteiger partial charge on any atom is -0.361 e. The van der Waals surface area contributed by atoms with Gasteiger partial charge in [0.1, 0.15) is 16.7 Å². The second-order valence-corrected chi connectivity index (χ2v) is 8.46. The Labute approximate surface area is 182 Å². The molecule has 1 saturated heterocycles. The lowest BCUT2D eigenvalue weighted by Crippen LogP contribution is -2.40. The summed E-state index contributed by atoms with van der Waals surface area (Å²) >= 11 is 6.47. The van der Waals surface area contributed by atoms with Gasteiger partial charge in [-0.1, -0.05) is 54.3 Å². The molecule has 2 N–H and O–H groups in total. The molecular formula is C22H18FN3O2S2. The quantitative estimate of drug-likeness (QED) is 0.452. The molecule has 0 saturated carbocycles. The summed E-state index contributed by atoms with van der Waals surface area (Å²) in [5, 5.41) is 3.60. The Hall–Kier alpha value is -2.97. The number of H-pyrrole nitrogens is 1. The minimum atomic E-state index is -0.301. The summed E-state index contributed by atoms with van der Waals surface area (Å²) in [7, 11) is 0. The first-order chi connectivity index (χ1) is 14.5. The Balaban J connectivity index is 1.33. The molecule has 1 aliphatic rings. The molecule has 1 aliphatic heterocycles. The van der Waals surface area contributed by atoms with Crippen LogP contribution in [-0.2, 0) is 16.0 Å². The second-order valence-electron chi connectivity index (χ2n) is 6.78. The number of carbonyl (C=O) groups excluding carboxylic acids is 2. The monoisotopic (exact) mass is 439 g/mol. The van der Waals surface area contributed by atoms with Crippen LogP contribution in [0.2, 0.25) is 0 Å². The van der Waals surface area contributed by atoms with E-state index in [1.807, 2.05) is 36.5 Å². The van der Waals surface area contributed by atoms with Gasteiger partial charge >= 0.3 is 0 Å². The van der Waals surface area contributed by atoms with Crippen molar-refractivity contribution in [1.29, 1.82) is 0 Å². The Bertz CT molecular complexity index is 1160. The predicted octanol–water partition coefficient (Wildman–Crippen LogP) is 3.87. The highest BCUT2D eigenvalue weighted by Gasteiger charge is 2.33. The molecule has 0 unspecified atom stereocenters. The van der Waals surface area contributed by atoms with E-state index in [1.54, 1.807) is 12.1 Å². The molecule has 5 nitrogen and oxygen atoms in total. The number of benzene rings is 2. The molecule has 3 aromatic rings. The van der Waals surface area contributed by atoms with Gasteiger partial charge in [-0.3, -0.25) is 14.5 Å². The summed E-state index contributed by atoms with van der Waals surface area (Å²) < 4.78 is 13.8. The van der Waals surface area contributed by atoms with Gasteiger partial charge in [-0.2, -0.15) is 0 Å². The van der Waals surface area contributed by atoms with Gasteiger partial charge in [0, 0.05) is 23.6 Å². The van der Waals surface area contributed by atoms with E-state index in [1.165, 1.54) is 28.8 Å². The molecule has 2 heterocycles. The van der Waals surface area contributed by atoms with Crippen LogP contribution in [0.15, 0.2) is 59.6 Å². The van der Waals surface area contributed by atoms with Crippen molar-refractivity contribution >= 4 is 57.1 Å². The lowest BCUT2D eigenvalue weighted by atomic mass is 10.1. The lowest BCUT2D eigenvalue weighted by molar-refractivity contribution is -0.128. The van der Waals surface area contributed by atoms with Gasteiger partial charge in [0.2, 0.25) is 5.91 Å². The van der Waals surface area contributed by atoms with Crippen LogP contribution in [0.5, 0.6) is 0 Å². The average Bonchev–Trinajstić information content (AvgIpc) is 3.24.